The molecule has 0 saturated carbocycles. The molecule has 0 atom stereocenters. The third kappa shape index (κ3) is 3.18. The number of aromatic nitrogens is 1. The molecule has 0 radical (unpaired) electrons. The number of hydrogen-bond donors (Lipinski definition) is 0. The first-order valence-corrected chi connectivity index (χ1v) is 13.2. The summed E-state index contributed by atoms with van der Waals surface area (Å²) in [6, 6.07) is 39.6. The van der Waals surface area contributed by atoms with Crippen LogP contribution >= 0.6 is 11.3 Å². The molecule has 2 aromatic heterocycles. The fraction of sp³-hybridized carbons (Fsp3) is 0.0882. The summed E-state index contributed by atoms with van der Waals surface area (Å²) in [7, 11) is 0. The van der Waals surface area contributed by atoms with Crippen LogP contribution in [-0.2, 0) is 5.41 Å². The highest BCUT2D eigenvalue weighted by molar-refractivity contribution is 7.27. The summed E-state index contributed by atoms with van der Waals surface area (Å²) in [6.45, 7) is 4.58. The number of fused-ring (bicyclic) bond motifs is 7. The topological polar surface area (TPSA) is 12.9 Å². The van der Waals surface area contributed by atoms with Crippen LogP contribution in [0.1, 0.15) is 25.0 Å². The molecule has 0 amide bonds. The quantitative estimate of drug-likeness (QED) is 0.230. The Kier molecular flexibility index (Phi) is 4.74. The molecule has 0 aliphatic heterocycles. The fourth-order valence-corrected chi connectivity index (χ4v) is 6.88. The maximum atomic E-state index is 4.85. The molecule has 1 nitrogen and oxygen atoms in total. The van der Waals surface area contributed by atoms with Gasteiger partial charge in [0.2, 0.25) is 0 Å². The lowest BCUT2D eigenvalue weighted by atomic mass is 9.78. The fourth-order valence-electron chi connectivity index (χ4n) is 5.53. The van der Waals surface area contributed by atoms with Crippen molar-refractivity contribution >= 4 is 53.1 Å². The van der Waals surface area contributed by atoms with Crippen molar-refractivity contribution in [1.29, 1.82) is 0 Å². The first-order chi connectivity index (χ1) is 17.6. The largest absolute Gasteiger partial charge is 0.256 e. The van der Waals surface area contributed by atoms with Crippen LogP contribution in [0, 0.1) is 0 Å². The zero-order valence-corrected chi connectivity index (χ0v) is 21.1. The predicted molar refractivity (Wildman–Crippen MR) is 156 cm³/mol. The maximum Gasteiger partial charge on any atom is 0.0719 e. The molecule has 0 spiro atoms. The van der Waals surface area contributed by atoms with Gasteiger partial charge in [0.1, 0.15) is 0 Å². The van der Waals surface area contributed by atoms with Gasteiger partial charge in [-0.2, -0.15) is 0 Å². The molecule has 0 fully saturated rings. The molecular weight excluding hydrogens is 454 g/mol. The standard InChI is InChI=1S/C34H25NS/c1-34(2,23-10-4-3-5-11-23)24-19-20-35-31(21-24)30-14-8-13-27-29-18-17-26-25-12-7-6-9-22(25)15-16-28(26)32(29)36-33(27)30/h3-21H,1-2H3. The molecule has 0 aliphatic rings. The molecule has 0 N–H and O–H groups in total. The predicted octanol–water partition coefficient (Wildman–Crippen LogP) is 9.75. The average Bonchev–Trinajstić information content (AvgIpc) is 3.33. The third-order valence-corrected chi connectivity index (χ3v) is 8.93. The lowest BCUT2D eigenvalue weighted by Crippen LogP contribution is -2.18. The zero-order chi connectivity index (χ0) is 24.3. The van der Waals surface area contributed by atoms with Crippen LogP contribution in [0.15, 0.2) is 115 Å². The lowest BCUT2D eigenvalue weighted by Gasteiger charge is -2.26. The zero-order valence-electron chi connectivity index (χ0n) is 20.3. The Morgan fingerprint density at radius 1 is 0.556 bits per heavy atom. The first kappa shape index (κ1) is 21.3. The first-order valence-electron chi connectivity index (χ1n) is 12.4. The van der Waals surface area contributed by atoms with Gasteiger partial charge in [0.15, 0.2) is 0 Å². The SMILES string of the molecule is CC(C)(c1ccccc1)c1ccnc(-c2cccc3c2sc2c3ccc3c4ccccc4ccc32)c1. The van der Waals surface area contributed by atoms with Gasteiger partial charge in [-0.15, -0.1) is 11.3 Å². The Balaban J connectivity index is 1.45. The normalized spacial score (nSPS) is 12.2. The second kappa shape index (κ2) is 8.01. The molecule has 2 heterocycles. The summed E-state index contributed by atoms with van der Waals surface area (Å²) in [5.41, 5.74) is 4.70. The molecule has 36 heavy (non-hydrogen) atoms. The van der Waals surface area contributed by atoms with Gasteiger partial charge >= 0.3 is 0 Å². The number of thiophene rings is 1. The Morgan fingerprint density at radius 3 is 2.14 bits per heavy atom. The Bertz CT molecular complexity index is 1910. The van der Waals surface area contributed by atoms with E-state index in [0.29, 0.717) is 0 Å². The van der Waals surface area contributed by atoms with Crippen molar-refractivity contribution in [1.82, 2.24) is 4.98 Å². The summed E-state index contributed by atoms with van der Waals surface area (Å²) in [4.78, 5) is 4.85. The second-order valence-corrected chi connectivity index (χ2v) is 11.0. The molecule has 0 unspecified atom stereocenters. The highest BCUT2D eigenvalue weighted by atomic mass is 32.1. The second-order valence-electron chi connectivity index (χ2n) is 10.0. The van der Waals surface area contributed by atoms with E-state index in [1.807, 2.05) is 17.5 Å². The van der Waals surface area contributed by atoms with Gasteiger partial charge in [-0.25, -0.2) is 0 Å². The van der Waals surface area contributed by atoms with Gasteiger partial charge < -0.3 is 0 Å². The minimum atomic E-state index is -0.107. The van der Waals surface area contributed by atoms with Crippen LogP contribution in [0.2, 0.25) is 0 Å². The Hall–Kier alpha value is -4.01. The van der Waals surface area contributed by atoms with Crippen LogP contribution in [0.25, 0.3) is 53.0 Å². The van der Waals surface area contributed by atoms with Crippen molar-refractivity contribution in [2.75, 3.05) is 0 Å². The van der Waals surface area contributed by atoms with Crippen molar-refractivity contribution < 1.29 is 0 Å². The summed E-state index contributed by atoms with van der Waals surface area (Å²) < 4.78 is 2.65. The molecule has 0 aliphatic carbocycles. The van der Waals surface area contributed by atoms with E-state index in [1.165, 1.54) is 58.4 Å². The number of nitrogens with zero attached hydrogens (tertiary/aromatic N) is 1. The van der Waals surface area contributed by atoms with Gasteiger partial charge in [0, 0.05) is 42.7 Å². The molecule has 7 aromatic rings. The molecule has 5 aromatic carbocycles. The van der Waals surface area contributed by atoms with E-state index in [0.717, 1.165) is 5.69 Å². The van der Waals surface area contributed by atoms with Gasteiger partial charge in [-0.05, 0) is 39.4 Å². The van der Waals surface area contributed by atoms with Crippen molar-refractivity contribution in [2.24, 2.45) is 0 Å². The van der Waals surface area contributed by atoms with E-state index in [2.05, 4.69) is 123 Å². The van der Waals surface area contributed by atoms with Gasteiger partial charge in [0.05, 0.1) is 5.69 Å². The third-order valence-electron chi connectivity index (χ3n) is 7.64. The summed E-state index contributed by atoms with van der Waals surface area (Å²) in [5.74, 6) is 0. The number of hydrogen-bond acceptors (Lipinski definition) is 2. The van der Waals surface area contributed by atoms with E-state index < -0.39 is 0 Å². The minimum Gasteiger partial charge on any atom is -0.256 e. The monoisotopic (exact) mass is 479 g/mol. The highest BCUT2D eigenvalue weighted by Crippen LogP contribution is 2.44. The molecule has 7 rings (SSSR count). The van der Waals surface area contributed by atoms with Gasteiger partial charge in [0.25, 0.3) is 0 Å². The van der Waals surface area contributed by atoms with Crippen LogP contribution in [0.4, 0.5) is 0 Å². The van der Waals surface area contributed by atoms with Crippen LogP contribution < -0.4 is 0 Å². The lowest BCUT2D eigenvalue weighted by molar-refractivity contribution is 0.640. The number of rotatable bonds is 3. The Morgan fingerprint density at radius 2 is 1.25 bits per heavy atom. The average molecular weight is 480 g/mol. The van der Waals surface area contributed by atoms with E-state index in [-0.39, 0.29) is 5.41 Å². The van der Waals surface area contributed by atoms with Gasteiger partial charge in [-0.3, -0.25) is 4.98 Å². The minimum absolute atomic E-state index is 0.107. The maximum absolute atomic E-state index is 4.85. The summed E-state index contributed by atoms with van der Waals surface area (Å²) in [5, 5.41) is 7.86. The molecule has 172 valence electrons. The van der Waals surface area contributed by atoms with E-state index in [1.54, 1.807) is 0 Å². The van der Waals surface area contributed by atoms with Crippen molar-refractivity contribution in [3.05, 3.63) is 127 Å². The van der Waals surface area contributed by atoms with Crippen LogP contribution in [0.5, 0.6) is 0 Å². The van der Waals surface area contributed by atoms with Crippen molar-refractivity contribution in [3.8, 4) is 11.3 Å². The number of pyridine rings is 1. The smallest absolute Gasteiger partial charge is 0.0719 e. The molecule has 0 bridgehead atoms. The summed E-state index contributed by atoms with van der Waals surface area (Å²) in [6.07, 6.45) is 1.96. The van der Waals surface area contributed by atoms with E-state index >= 15 is 0 Å². The highest BCUT2D eigenvalue weighted by Gasteiger charge is 2.24. The van der Waals surface area contributed by atoms with E-state index in [9.17, 15) is 0 Å². The van der Waals surface area contributed by atoms with Crippen molar-refractivity contribution in [2.45, 2.75) is 19.3 Å². The summed E-state index contributed by atoms with van der Waals surface area (Å²) >= 11 is 1.89. The van der Waals surface area contributed by atoms with E-state index in [4.69, 9.17) is 4.98 Å². The Labute approximate surface area is 214 Å². The molecular formula is C34H25NS. The molecule has 0 saturated heterocycles. The van der Waals surface area contributed by atoms with Crippen LogP contribution in [0.3, 0.4) is 0 Å². The number of benzene rings is 5. The molecule has 2 heteroatoms. The van der Waals surface area contributed by atoms with Crippen molar-refractivity contribution in [3.63, 3.8) is 0 Å². The van der Waals surface area contributed by atoms with Crippen LogP contribution in [-0.4, -0.2) is 4.98 Å². The van der Waals surface area contributed by atoms with Gasteiger partial charge in [-0.1, -0.05) is 111 Å².